The van der Waals surface area contributed by atoms with Gasteiger partial charge in [-0.3, -0.25) is 0 Å². The summed E-state index contributed by atoms with van der Waals surface area (Å²) in [6.07, 6.45) is 0.923. The lowest BCUT2D eigenvalue weighted by molar-refractivity contribution is 0.173. The SMILES string of the molecule is C=C(CC)COc1cc2c(cc1CNC)OCO2. The minimum absolute atomic E-state index is 0.277. The van der Waals surface area contributed by atoms with Gasteiger partial charge in [-0.2, -0.15) is 0 Å². The van der Waals surface area contributed by atoms with E-state index in [0.29, 0.717) is 6.61 Å². The molecule has 0 aromatic heterocycles. The van der Waals surface area contributed by atoms with Gasteiger partial charge < -0.3 is 19.5 Å². The summed E-state index contributed by atoms with van der Waals surface area (Å²) in [6, 6.07) is 3.85. The van der Waals surface area contributed by atoms with Crippen LogP contribution in [-0.4, -0.2) is 20.4 Å². The highest BCUT2D eigenvalue weighted by atomic mass is 16.7. The van der Waals surface area contributed by atoms with Crippen molar-refractivity contribution in [3.63, 3.8) is 0 Å². The Hall–Kier alpha value is -1.68. The molecule has 1 N–H and O–H groups in total. The van der Waals surface area contributed by atoms with Crippen molar-refractivity contribution < 1.29 is 14.2 Å². The summed E-state index contributed by atoms with van der Waals surface area (Å²) in [6.45, 7) is 7.55. The predicted octanol–water partition coefficient (Wildman–Crippen LogP) is 2.48. The lowest BCUT2D eigenvalue weighted by atomic mass is 10.1. The van der Waals surface area contributed by atoms with Crippen LogP contribution in [0, 0.1) is 0 Å². The summed E-state index contributed by atoms with van der Waals surface area (Å²) in [5, 5.41) is 3.12. The van der Waals surface area contributed by atoms with E-state index in [4.69, 9.17) is 14.2 Å². The Labute approximate surface area is 108 Å². The standard InChI is InChI=1S/C14H19NO3/c1-4-10(2)8-16-12-6-14-13(17-9-18-14)5-11(12)7-15-3/h5-6,15H,2,4,7-9H2,1,3H3. The van der Waals surface area contributed by atoms with Crippen LogP contribution < -0.4 is 19.5 Å². The highest BCUT2D eigenvalue weighted by molar-refractivity contribution is 5.51. The quantitative estimate of drug-likeness (QED) is 0.786. The fraction of sp³-hybridized carbons (Fsp3) is 0.429. The number of benzene rings is 1. The number of rotatable bonds is 6. The van der Waals surface area contributed by atoms with Crippen LogP contribution in [0.5, 0.6) is 17.2 Å². The molecule has 0 fully saturated rings. The Bertz CT molecular complexity index is 443. The van der Waals surface area contributed by atoms with E-state index in [0.717, 1.165) is 41.4 Å². The fourth-order valence-electron chi connectivity index (χ4n) is 1.71. The zero-order valence-electron chi connectivity index (χ0n) is 10.9. The summed E-state index contributed by atoms with van der Waals surface area (Å²) < 4.78 is 16.5. The van der Waals surface area contributed by atoms with E-state index < -0.39 is 0 Å². The number of nitrogens with one attached hydrogen (secondary N) is 1. The molecule has 0 saturated heterocycles. The van der Waals surface area contributed by atoms with E-state index in [-0.39, 0.29) is 6.79 Å². The average molecular weight is 249 g/mol. The van der Waals surface area contributed by atoms with Crippen LogP contribution in [0.4, 0.5) is 0 Å². The van der Waals surface area contributed by atoms with Crippen LogP contribution in [0.2, 0.25) is 0 Å². The molecular weight excluding hydrogens is 230 g/mol. The average Bonchev–Trinajstić information content (AvgIpc) is 2.83. The topological polar surface area (TPSA) is 39.7 Å². The van der Waals surface area contributed by atoms with Crippen LogP contribution >= 0.6 is 0 Å². The molecule has 18 heavy (non-hydrogen) atoms. The molecule has 2 rings (SSSR count). The van der Waals surface area contributed by atoms with Gasteiger partial charge in [-0.1, -0.05) is 13.5 Å². The van der Waals surface area contributed by atoms with E-state index in [1.54, 1.807) is 0 Å². The second-order valence-corrected chi connectivity index (χ2v) is 4.24. The maximum Gasteiger partial charge on any atom is 0.231 e. The lowest BCUT2D eigenvalue weighted by Gasteiger charge is -2.13. The Kier molecular flexibility index (Phi) is 4.10. The van der Waals surface area contributed by atoms with Crippen LogP contribution in [0.25, 0.3) is 0 Å². The minimum atomic E-state index is 0.277. The van der Waals surface area contributed by atoms with E-state index in [9.17, 15) is 0 Å². The smallest absolute Gasteiger partial charge is 0.231 e. The van der Waals surface area contributed by atoms with Gasteiger partial charge >= 0.3 is 0 Å². The molecule has 0 unspecified atom stereocenters. The molecule has 0 radical (unpaired) electrons. The summed E-state index contributed by atoms with van der Waals surface area (Å²) in [4.78, 5) is 0. The molecule has 4 nitrogen and oxygen atoms in total. The molecule has 1 aromatic carbocycles. The first-order chi connectivity index (χ1) is 8.74. The number of ether oxygens (including phenoxy) is 3. The molecule has 0 saturated carbocycles. The molecule has 0 amide bonds. The largest absolute Gasteiger partial charge is 0.489 e. The molecule has 1 aliphatic heterocycles. The van der Waals surface area contributed by atoms with Gasteiger partial charge in [0.1, 0.15) is 12.4 Å². The summed E-state index contributed by atoms with van der Waals surface area (Å²) in [7, 11) is 1.90. The highest BCUT2D eigenvalue weighted by Crippen LogP contribution is 2.38. The zero-order chi connectivity index (χ0) is 13.0. The molecule has 4 heteroatoms. The van der Waals surface area contributed by atoms with Crippen molar-refractivity contribution in [3.05, 3.63) is 29.8 Å². The van der Waals surface area contributed by atoms with Gasteiger partial charge in [-0.05, 0) is 25.1 Å². The van der Waals surface area contributed by atoms with Gasteiger partial charge in [0, 0.05) is 18.2 Å². The summed E-state index contributed by atoms with van der Waals surface area (Å²) >= 11 is 0. The Morgan fingerprint density at radius 1 is 1.39 bits per heavy atom. The monoisotopic (exact) mass is 249 g/mol. The van der Waals surface area contributed by atoms with Gasteiger partial charge in [-0.15, -0.1) is 0 Å². The van der Waals surface area contributed by atoms with Crippen LogP contribution in [-0.2, 0) is 6.54 Å². The summed E-state index contributed by atoms with van der Waals surface area (Å²) in [5.41, 5.74) is 2.13. The molecule has 0 aliphatic carbocycles. The van der Waals surface area contributed by atoms with E-state index >= 15 is 0 Å². The maximum absolute atomic E-state index is 5.79. The molecule has 0 spiro atoms. The van der Waals surface area contributed by atoms with Crippen molar-refractivity contribution in [3.8, 4) is 17.2 Å². The molecule has 1 aromatic rings. The third kappa shape index (κ3) is 2.76. The van der Waals surface area contributed by atoms with Crippen molar-refractivity contribution >= 4 is 0 Å². The number of hydrogen-bond donors (Lipinski definition) is 1. The van der Waals surface area contributed by atoms with Crippen LogP contribution in [0.1, 0.15) is 18.9 Å². The summed E-state index contributed by atoms with van der Waals surface area (Å²) in [5.74, 6) is 2.34. The Morgan fingerprint density at radius 3 is 2.78 bits per heavy atom. The first kappa shape index (κ1) is 12.8. The Balaban J connectivity index is 2.18. The predicted molar refractivity (Wildman–Crippen MR) is 70.3 cm³/mol. The van der Waals surface area contributed by atoms with Gasteiger partial charge in [0.25, 0.3) is 0 Å². The third-order valence-corrected chi connectivity index (χ3v) is 2.85. The van der Waals surface area contributed by atoms with Crippen molar-refractivity contribution in [1.82, 2.24) is 5.32 Å². The van der Waals surface area contributed by atoms with Gasteiger partial charge in [0.15, 0.2) is 11.5 Å². The van der Waals surface area contributed by atoms with Crippen molar-refractivity contribution in [2.24, 2.45) is 0 Å². The fourth-order valence-corrected chi connectivity index (χ4v) is 1.71. The lowest BCUT2D eigenvalue weighted by Crippen LogP contribution is -2.08. The molecule has 0 atom stereocenters. The van der Waals surface area contributed by atoms with Crippen LogP contribution in [0.15, 0.2) is 24.3 Å². The first-order valence-corrected chi connectivity index (χ1v) is 6.11. The number of fused-ring (bicyclic) bond motifs is 1. The minimum Gasteiger partial charge on any atom is -0.489 e. The molecule has 1 aliphatic rings. The normalized spacial score (nSPS) is 12.6. The van der Waals surface area contributed by atoms with Crippen molar-refractivity contribution in [1.29, 1.82) is 0 Å². The van der Waals surface area contributed by atoms with E-state index in [1.807, 2.05) is 19.2 Å². The van der Waals surface area contributed by atoms with Crippen molar-refractivity contribution in [2.45, 2.75) is 19.9 Å². The molecule has 0 bridgehead atoms. The molecule has 98 valence electrons. The highest BCUT2D eigenvalue weighted by Gasteiger charge is 2.17. The zero-order valence-corrected chi connectivity index (χ0v) is 10.9. The van der Waals surface area contributed by atoms with Crippen LogP contribution in [0.3, 0.4) is 0 Å². The molecule has 1 heterocycles. The number of hydrogen-bond acceptors (Lipinski definition) is 4. The van der Waals surface area contributed by atoms with E-state index in [1.165, 1.54) is 0 Å². The Morgan fingerprint density at radius 2 is 2.11 bits per heavy atom. The third-order valence-electron chi connectivity index (χ3n) is 2.85. The second-order valence-electron chi connectivity index (χ2n) is 4.24. The van der Waals surface area contributed by atoms with Gasteiger partial charge in [0.2, 0.25) is 6.79 Å². The van der Waals surface area contributed by atoms with E-state index in [2.05, 4.69) is 18.8 Å². The second kappa shape index (κ2) is 5.78. The van der Waals surface area contributed by atoms with Gasteiger partial charge in [0.05, 0.1) is 0 Å². The molecular formula is C14H19NO3. The van der Waals surface area contributed by atoms with Gasteiger partial charge in [-0.25, -0.2) is 0 Å². The first-order valence-electron chi connectivity index (χ1n) is 6.11. The van der Waals surface area contributed by atoms with Crippen molar-refractivity contribution in [2.75, 3.05) is 20.4 Å². The maximum atomic E-state index is 5.79.